The maximum absolute atomic E-state index is 12.4. The molecule has 1 aliphatic rings. The normalized spacial score (nSPS) is 17.0. The number of piperidine rings is 1. The summed E-state index contributed by atoms with van der Waals surface area (Å²) in [5, 5.41) is 9.23. The molecule has 1 aromatic rings. The van der Waals surface area contributed by atoms with Gasteiger partial charge in [0.15, 0.2) is 0 Å². The molecule has 6 heteroatoms. The molecule has 0 atom stereocenters. The van der Waals surface area contributed by atoms with Crippen molar-refractivity contribution < 1.29 is 13.5 Å². The van der Waals surface area contributed by atoms with Crippen LogP contribution in [0.25, 0.3) is 0 Å². The van der Waals surface area contributed by atoms with E-state index in [1.54, 1.807) is 25.1 Å². The lowest BCUT2D eigenvalue weighted by molar-refractivity contribution is 0.233. The van der Waals surface area contributed by atoms with Crippen LogP contribution in [-0.2, 0) is 16.6 Å². The maximum atomic E-state index is 12.4. The summed E-state index contributed by atoms with van der Waals surface area (Å²) in [6, 6.07) is 4.98. The number of aliphatic hydroxyl groups excluding tert-OH is 1. The monoisotopic (exact) mass is 312 g/mol. The van der Waals surface area contributed by atoms with Gasteiger partial charge in [0.2, 0.25) is 10.0 Å². The van der Waals surface area contributed by atoms with Crippen LogP contribution in [0.3, 0.4) is 0 Å². The minimum Gasteiger partial charge on any atom is -0.392 e. The number of likely N-dealkylation sites (tertiary alicyclic amines) is 1. The highest BCUT2D eigenvalue weighted by Gasteiger charge is 2.18. The summed E-state index contributed by atoms with van der Waals surface area (Å²) in [6.45, 7) is 4.86. The lowest BCUT2D eigenvalue weighted by Crippen LogP contribution is -2.37. The van der Waals surface area contributed by atoms with E-state index in [0.717, 1.165) is 19.6 Å². The number of hydrogen-bond acceptors (Lipinski definition) is 4. The van der Waals surface area contributed by atoms with E-state index in [1.807, 2.05) is 0 Å². The molecule has 1 aliphatic heterocycles. The number of aliphatic hydroxyl groups is 1. The molecular weight excluding hydrogens is 288 g/mol. The van der Waals surface area contributed by atoms with Gasteiger partial charge in [0.1, 0.15) is 0 Å². The molecule has 0 amide bonds. The summed E-state index contributed by atoms with van der Waals surface area (Å²) < 4.78 is 27.4. The van der Waals surface area contributed by atoms with Crippen LogP contribution in [0.2, 0.25) is 0 Å². The third kappa shape index (κ3) is 4.26. The van der Waals surface area contributed by atoms with E-state index in [1.165, 1.54) is 19.3 Å². The second-order valence-electron chi connectivity index (χ2n) is 5.50. The molecule has 0 aromatic heterocycles. The van der Waals surface area contributed by atoms with Gasteiger partial charge in [-0.25, -0.2) is 13.1 Å². The molecule has 1 aromatic carbocycles. The number of hydrogen-bond donors (Lipinski definition) is 2. The first-order valence-electron chi connectivity index (χ1n) is 7.46. The first kappa shape index (κ1) is 16.4. The SMILES string of the molecule is Cc1c(CO)cccc1S(=O)(=O)NCCN1CCCCC1. The van der Waals surface area contributed by atoms with Crippen molar-refractivity contribution in [2.45, 2.75) is 37.7 Å². The van der Waals surface area contributed by atoms with Crippen molar-refractivity contribution in [1.29, 1.82) is 0 Å². The van der Waals surface area contributed by atoms with E-state index in [4.69, 9.17) is 0 Å². The van der Waals surface area contributed by atoms with Gasteiger partial charge in [0.25, 0.3) is 0 Å². The van der Waals surface area contributed by atoms with Gasteiger partial charge in [-0.2, -0.15) is 0 Å². The zero-order valence-corrected chi connectivity index (χ0v) is 13.3. The van der Waals surface area contributed by atoms with E-state index in [2.05, 4.69) is 9.62 Å². The molecule has 1 fully saturated rings. The van der Waals surface area contributed by atoms with Crippen molar-refractivity contribution in [3.05, 3.63) is 29.3 Å². The minimum absolute atomic E-state index is 0.150. The molecule has 2 N–H and O–H groups in total. The van der Waals surface area contributed by atoms with Gasteiger partial charge in [-0.05, 0) is 50.0 Å². The highest BCUT2D eigenvalue weighted by Crippen LogP contribution is 2.18. The lowest BCUT2D eigenvalue weighted by atomic mass is 10.1. The fraction of sp³-hybridized carbons (Fsp3) is 0.600. The van der Waals surface area contributed by atoms with Crippen LogP contribution < -0.4 is 4.72 Å². The van der Waals surface area contributed by atoms with Crippen LogP contribution in [0.1, 0.15) is 30.4 Å². The van der Waals surface area contributed by atoms with Crippen molar-refractivity contribution in [3.8, 4) is 0 Å². The molecular formula is C15H24N2O3S. The standard InChI is InChI=1S/C15H24N2O3S/c1-13-14(12-18)6-5-7-15(13)21(19,20)16-8-11-17-9-3-2-4-10-17/h5-7,16,18H,2-4,8-12H2,1H3. The number of benzene rings is 1. The Balaban J connectivity index is 1.98. The summed E-state index contributed by atoms with van der Waals surface area (Å²) in [4.78, 5) is 2.55. The van der Waals surface area contributed by atoms with Gasteiger partial charge in [-0.3, -0.25) is 0 Å². The summed E-state index contributed by atoms with van der Waals surface area (Å²) in [7, 11) is -3.51. The molecule has 2 rings (SSSR count). The molecule has 1 heterocycles. The molecule has 5 nitrogen and oxygen atoms in total. The quantitative estimate of drug-likeness (QED) is 0.829. The van der Waals surface area contributed by atoms with Gasteiger partial charge in [0, 0.05) is 13.1 Å². The Bertz CT molecular complexity index is 566. The fourth-order valence-electron chi connectivity index (χ4n) is 2.72. The van der Waals surface area contributed by atoms with E-state index < -0.39 is 10.0 Å². The zero-order chi connectivity index (χ0) is 15.3. The van der Waals surface area contributed by atoms with Crippen molar-refractivity contribution >= 4 is 10.0 Å². The van der Waals surface area contributed by atoms with E-state index in [9.17, 15) is 13.5 Å². The molecule has 0 saturated carbocycles. The van der Waals surface area contributed by atoms with Gasteiger partial charge in [-0.1, -0.05) is 18.6 Å². The highest BCUT2D eigenvalue weighted by atomic mass is 32.2. The summed E-state index contributed by atoms with van der Waals surface area (Å²) in [6.07, 6.45) is 3.67. The average molecular weight is 312 g/mol. The number of nitrogens with one attached hydrogen (secondary N) is 1. The van der Waals surface area contributed by atoms with Crippen molar-refractivity contribution in [3.63, 3.8) is 0 Å². The highest BCUT2D eigenvalue weighted by molar-refractivity contribution is 7.89. The van der Waals surface area contributed by atoms with Crippen LogP contribution >= 0.6 is 0 Å². The summed E-state index contributed by atoms with van der Waals surface area (Å²) >= 11 is 0. The third-order valence-corrected chi connectivity index (χ3v) is 5.63. The second kappa shape index (κ2) is 7.35. The average Bonchev–Trinajstić information content (AvgIpc) is 2.48. The Kier molecular flexibility index (Phi) is 5.75. The minimum atomic E-state index is -3.51. The Morgan fingerprint density at radius 1 is 1.24 bits per heavy atom. The van der Waals surface area contributed by atoms with Crippen LogP contribution in [0.5, 0.6) is 0 Å². The number of sulfonamides is 1. The summed E-state index contributed by atoms with van der Waals surface area (Å²) in [5.74, 6) is 0. The third-order valence-electron chi connectivity index (χ3n) is 4.02. The molecule has 0 unspecified atom stereocenters. The van der Waals surface area contributed by atoms with Crippen LogP contribution in [-0.4, -0.2) is 44.6 Å². The number of nitrogens with zero attached hydrogens (tertiary/aromatic N) is 1. The van der Waals surface area contributed by atoms with Crippen LogP contribution in [0, 0.1) is 6.92 Å². The van der Waals surface area contributed by atoms with Crippen molar-refractivity contribution in [2.24, 2.45) is 0 Å². The van der Waals surface area contributed by atoms with Crippen LogP contribution in [0.15, 0.2) is 23.1 Å². The molecule has 0 spiro atoms. The Morgan fingerprint density at radius 3 is 2.62 bits per heavy atom. The molecule has 0 aliphatic carbocycles. The van der Waals surface area contributed by atoms with Gasteiger partial charge >= 0.3 is 0 Å². The predicted octanol–water partition coefficient (Wildman–Crippen LogP) is 1.25. The molecule has 1 saturated heterocycles. The first-order valence-corrected chi connectivity index (χ1v) is 8.94. The molecule has 118 valence electrons. The first-order chi connectivity index (χ1) is 10.0. The molecule has 0 radical (unpaired) electrons. The zero-order valence-electron chi connectivity index (χ0n) is 12.5. The van der Waals surface area contributed by atoms with Crippen molar-refractivity contribution in [1.82, 2.24) is 9.62 Å². The van der Waals surface area contributed by atoms with Gasteiger partial charge in [-0.15, -0.1) is 0 Å². The Morgan fingerprint density at radius 2 is 1.95 bits per heavy atom. The number of rotatable bonds is 6. The smallest absolute Gasteiger partial charge is 0.240 e. The summed E-state index contributed by atoms with van der Waals surface area (Å²) in [5.41, 5.74) is 1.26. The fourth-order valence-corrected chi connectivity index (χ4v) is 4.03. The van der Waals surface area contributed by atoms with Gasteiger partial charge in [0.05, 0.1) is 11.5 Å². The topological polar surface area (TPSA) is 69.6 Å². The van der Waals surface area contributed by atoms with Crippen molar-refractivity contribution in [2.75, 3.05) is 26.2 Å². The van der Waals surface area contributed by atoms with E-state index >= 15 is 0 Å². The predicted molar refractivity (Wildman–Crippen MR) is 82.6 cm³/mol. The Hall–Kier alpha value is -0.950. The van der Waals surface area contributed by atoms with E-state index in [-0.39, 0.29) is 11.5 Å². The van der Waals surface area contributed by atoms with Gasteiger partial charge < -0.3 is 10.0 Å². The largest absolute Gasteiger partial charge is 0.392 e. The molecule has 0 bridgehead atoms. The lowest BCUT2D eigenvalue weighted by Gasteiger charge is -2.26. The molecule has 21 heavy (non-hydrogen) atoms. The Labute approximate surface area is 127 Å². The maximum Gasteiger partial charge on any atom is 0.240 e. The van der Waals surface area contributed by atoms with Crippen LogP contribution in [0.4, 0.5) is 0 Å². The van der Waals surface area contributed by atoms with E-state index in [0.29, 0.717) is 17.7 Å². The second-order valence-corrected chi connectivity index (χ2v) is 7.23.